The van der Waals surface area contributed by atoms with E-state index in [-0.39, 0.29) is 42.1 Å². The Bertz CT molecular complexity index is 452. The van der Waals surface area contributed by atoms with Crippen molar-refractivity contribution in [1.29, 1.82) is 0 Å². The van der Waals surface area contributed by atoms with E-state index in [1.165, 1.54) is 89.9 Å². The maximum absolute atomic E-state index is 10.8. The molecule has 0 rings (SSSR count). The van der Waals surface area contributed by atoms with E-state index >= 15 is 0 Å². The zero-order valence-electron chi connectivity index (χ0n) is 19.5. The second kappa shape index (κ2) is 23.3. The van der Waals surface area contributed by atoms with Crippen molar-refractivity contribution < 1.29 is 46.7 Å². The first-order valence-electron chi connectivity index (χ1n) is 11.8. The molecule has 0 aliphatic carbocycles. The molecule has 0 bridgehead atoms. The number of allylic oxidation sites excluding steroid dienone is 1. The number of unbranched alkanes of at least 4 members (excludes halogenated alkanes) is 14. The van der Waals surface area contributed by atoms with Gasteiger partial charge in [-0.05, 0) is 19.3 Å². The van der Waals surface area contributed by atoms with E-state index in [0.29, 0.717) is 0 Å². The van der Waals surface area contributed by atoms with Crippen LogP contribution in [0, 0.1) is 5.92 Å². The molecule has 0 spiro atoms. The number of hydrogen-bond donors (Lipinski definition) is 0. The quantitative estimate of drug-likeness (QED) is 0.0877. The van der Waals surface area contributed by atoms with Crippen LogP contribution in [-0.4, -0.2) is 19.6 Å². The van der Waals surface area contributed by atoms with Crippen LogP contribution >= 0.6 is 0 Å². The summed E-state index contributed by atoms with van der Waals surface area (Å²) in [5.41, 5.74) is 0. The van der Waals surface area contributed by atoms with Crippen LogP contribution in [-0.2, 0) is 14.6 Å². The van der Waals surface area contributed by atoms with Gasteiger partial charge < -0.3 is 4.55 Å². The fourth-order valence-corrected chi connectivity index (χ4v) is 3.80. The summed E-state index contributed by atoms with van der Waals surface area (Å²) in [6.07, 6.45) is 25.1. The summed E-state index contributed by atoms with van der Waals surface area (Å²) in [6, 6.07) is 0. The summed E-state index contributed by atoms with van der Waals surface area (Å²) in [7, 11) is -4.60. The van der Waals surface area contributed by atoms with Gasteiger partial charge in [0.1, 0.15) is 0 Å². The Morgan fingerprint density at radius 1 is 0.759 bits per heavy atom. The van der Waals surface area contributed by atoms with Crippen molar-refractivity contribution in [2.75, 3.05) is 6.61 Å². The van der Waals surface area contributed by atoms with Crippen LogP contribution < -0.4 is 29.6 Å². The molecular formula is C23H45NaO4S. The number of hydrogen-bond acceptors (Lipinski definition) is 4. The average molecular weight is 441 g/mol. The van der Waals surface area contributed by atoms with Crippen LogP contribution in [0.1, 0.15) is 123 Å². The van der Waals surface area contributed by atoms with E-state index in [2.05, 4.69) is 30.2 Å². The molecule has 1 atom stereocenters. The van der Waals surface area contributed by atoms with E-state index in [4.69, 9.17) is 0 Å². The Hall–Kier alpha value is 0.610. The van der Waals surface area contributed by atoms with Crippen LogP contribution in [0.2, 0.25) is 0 Å². The number of rotatable bonds is 21. The molecule has 0 aliphatic rings. The van der Waals surface area contributed by atoms with E-state index in [9.17, 15) is 13.0 Å². The van der Waals surface area contributed by atoms with Crippen molar-refractivity contribution in [3.8, 4) is 0 Å². The Morgan fingerprint density at radius 2 is 1.21 bits per heavy atom. The van der Waals surface area contributed by atoms with Crippen molar-refractivity contribution in [3.05, 3.63) is 12.2 Å². The van der Waals surface area contributed by atoms with Gasteiger partial charge in [0.2, 0.25) is 10.4 Å². The molecule has 168 valence electrons. The standard InChI is InChI=1S/C23H46O4S.Na/c1-3-5-7-9-11-12-13-15-17-19-21-23(22-27-28(24,25)26)20-18-16-14-10-8-6-4-2;/h18,20,23H,3-17,19,21-22H2,1-2H3,(H,24,25,26);/q;+1/p-1/b20-18+;. The van der Waals surface area contributed by atoms with Crippen LogP contribution in [0.3, 0.4) is 0 Å². The molecule has 0 saturated heterocycles. The first-order chi connectivity index (χ1) is 13.5. The summed E-state index contributed by atoms with van der Waals surface area (Å²) >= 11 is 0. The van der Waals surface area contributed by atoms with E-state index < -0.39 is 10.4 Å². The summed E-state index contributed by atoms with van der Waals surface area (Å²) < 4.78 is 36.8. The third-order valence-electron chi connectivity index (χ3n) is 5.24. The molecule has 6 heteroatoms. The van der Waals surface area contributed by atoms with E-state index in [1.54, 1.807) is 0 Å². The van der Waals surface area contributed by atoms with Crippen LogP contribution in [0.15, 0.2) is 12.2 Å². The molecule has 0 heterocycles. The zero-order chi connectivity index (χ0) is 20.9. The Labute approximate surface area is 203 Å². The van der Waals surface area contributed by atoms with Crippen molar-refractivity contribution >= 4 is 10.4 Å². The van der Waals surface area contributed by atoms with Crippen LogP contribution in [0.5, 0.6) is 0 Å². The molecule has 4 nitrogen and oxygen atoms in total. The molecule has 29 heavy (non-hydrogen) atoms. The summed E-state index contributed by atoms with van der Waals surface area (Å²) in [6.45, 7) is 4.44. The normalized spacial score (nSPS) is 12.9. The second-order valence-electron chi connectivity index (χ2n) is 8.05. The molecule has 0 aromatic rings. The minimum Gasteiger partial charge on any atom is -0.726 e. The van der Waals surface area contributed by atoms with E-state index in [1.807, 2.05) is 0 Å². The monoisotopic (exact) mass is 440 g/mol. The van der Waals surface area contributed by atoms with Crippen molar-refractivity contribution in [3.63, 3.8) is 0 Å². The van der Waals surface area contributed by atoms with Gasteiger partial charge in [-0.25, -0.2) is 8.42 Å². The molecule has 0 radical (unpaired) electrons. The molecule has 0 aromatic heterocycles. The topological polar surface area (TPSA) is 66.4 Å². The maximum atomic E-state index is 10.8. The predicted molar refractivity (Wildman–Crippen MR) is 118 cm³/mol. The molecule has 0 aromatic carbocycles. The Morgan fingerprint density at radius 3 is 1.69 bits per heavy atom. The predicted octanol–water partition coefficient (Wildman–Crippen LogP) is 4.31. The van der Waals surface area contributed by atoms with Crippen LogP contribution in [0.4, 0.5) is 0 Å². The van der Waals surface area contributed by atoms with Gasteiger partial charge in [0, 0.05) is 5.92 Å². The second-order valence-corrected chi connectivity index (χ2v) is 9.11. The Balaban J connectivity index is 0. The van der Waals surface area contributed by atoms with Crippen molar-refractivity contribution in [2.24, 2.45) is 5.92 Å². The maximum Gasteiger partial charge on any atom is 1.00 e. The first-order valence-corrected chi connectivity index (χ1v) is 13.1. The van der Waals surface area contributed by atoms with Gasteiger partial charge in [0.05, 0.1) is 6.61 Å². The smallest absolute Gasteiger partial charge is 0.726 e. The fraction of sp³-hybridized carbons (Fsp3) is 0.913. The third-order valence-corrected chi connectivity index (χ3v) is 5.66. The minimum atomic E-state index is -4.60. The summed E-state index contributed by atoms with van der Waals surface area (Å²) in [5, 5.41) is 0. The molecule has 1 unspecified atom stereocenters. The first kappa shape index (κ1) is 31.8. The van der Waals surface area contributed by atoms with Crippen molar-refractivity contribution in [2.45, 2.75) is 123 Å². The SMILES string of the molecule is CCCCCCC/C=C/C(CCCCCCCCCCCC)COS(=O)(=O)[O-].[Na+]. The average Bonchev–Trinajstić information content (AvgIpc) is 2.65. The molecule has 0 fully saturated rings. The van der Waals surface area contributed by atoms with Gasteiger partial charge >= 0.3 is 29.6 Å². The molecule has 0 N–H and O–H groups in total. The van der Waals surface area contributed by atoms with Gasteiger partial charge in [0.15, 0.2) is 0 Å². The molecular weight excluding hydrogens is 395 g/mol. The van der Waals surface area contributed by atoms with Crippen molar-refractivity contribution in [1.82, 2.24) is 0 Å². The van der Waals surface area contributed by atoms with Gasteiger partial charge in [-0.3, -0.25) is 4.18 Å². The minimum absolute atomic E-state index is 0. The van der Waals surface area contributed by atoms with Gasteiger partial charge in [-0.1, -0.05) is 116 Å². The largest absolute Gasteiger partial charge is 1.00 e. The summed E-state index contributed by atoms with van der Waals surface area (Å²) in [4.78, 5) is 0. The van der Waals surface area contributed by atoms with E-state index in [0.717, 1.165) is 19.3 Å². The zero-order valence-corrected chi connectivity index (χ0v) is 22.3. The van der Waals surface area contributed by atoms with Gasteiger partial charge in [-0.15, -0.1) is 0 Å². The summed E-state index contributed by atoms with van der Waals surface area (Å²) in [5.74, 6) is 0.0217. The molecule has 0 aliphatic heterocycles. The molecule has 0 amide bonds. The third kappa shape index (κ3) is 26.6. The Kier molecular flexibility index (Phi) is 25.5. The van der Waals surface area contributed by atoms with Crippen LogP contribution in [0.25, 0.3) is 0 Å². The van der Waals surface area contributed by atoms with Gasteiger partial charge in [0.25, 0.3) is 0 Å². The van der Waals surface area contributed by atoms with Gasteiger partial charge in [-0.2, -0.15) is 0 Å². The fourth-order valence-electron chi connectivity index (χ4n) is 3.45. The molecule has 0 saturated carbocycles.